The number of anilines is 2. The zero-order valence-corrected chi connectivity index (χ0v) is 19.7. The first-order valence-electron chi connectivity index (χ1n) is 10.1. The maximum Gasteiger partial charge on any atom is 0.179 e. The van der Waals surface area contributed by atoms with Crippen molar-refractivity contribution in [2.24, 2.45) is 0 Å². The van der Waals surface area contributed by atoms with E-state index in [0.29, 0.717) is 16.2 Å². The minimum Gasteiger partial charge on any atom is -0.354 e. The molecule has 0 bridgehead atoms. The molecule has 0 aliphatic heterocycles. The predicted octanol–water partition coefficient (Wildman–Crippen LogP) is 5.76. The summed E-state index contributed by atoms with van der Waals surface area (Å²) in [4.78, 5) is 6.65. The van der Waals surface area contributed by atoms with Crippen LogP contribution >= 0.6 is 11.6 Å². The fourth-order valence-electron chi connectivity index (χ4n) is 3.63. The van der Waals surface area contributed by atoms with Gasteiger partial charge in [0.25, 0.3) is 0 Å². The smallest absolute Gasteiger partial charge is 0.179 e. The van der Waals surface area contributed by atoms with Crippen LogP contribution in [0.15, 0.2) is 77.8 Å². The summed E-state index contributed by atoms with van der Waals surface area (Å²) in [5, 5.41) is 4.70. The molecule has 0 atom stereocenters. The van der Waals surface area contributed by atoms with Crippen LogP contribution in [0.5, 0.6) is 0 Å². The highest BCUT2D eigenvalue weighted by Gasteiger charge is 2.18. The van der Waals surface area contributed by atoms with Gasteiger partial charge in [-0.2, -0.15) is 0 Å². The molecular weight excluding hydrogens is 442 g/mol. The molecule has 0 saturated heterocycles. The third-order valence-corrected chi connectivity index (χ3v) is 6.46. The van der Waals surface area contributed by atoms with Crippen molar-refractivity contribution in [2.75, 3.05) is 25.7 Å². The largest absolute Gasteiger partial charge is 0.354 e. The summed E-state index contributed by atoms with van der Waals surface area (Å²) in [5.41, 5.74) is 5.07. The zero-order chi connectivity index (χ0) is 22.9. The van der Waals surface area contributed by atoms with Crippen LogP contribution in [-0.2, 0) is 16.4 Å². The Labute approximate surface area is 193 Å². The number of pyridine rings is 1. The lowest BCUT2D eigenvalue weighted by Crippen LogP contribution is -2.10. The number of benzene rings is 3. The van der Waals surface area contributed by atoms with Crippen LogP contribution in [0, 0.1) is 0 Å². The first kappa shape index (κ1) is 22.3. The Bertz CT molecular complexity index is 1380. The lowest BCUT2D eigenvalue weighted by Gasteiger charge is -2.16. The maximum atomic E-state index is 12.6. The topological polar surface area (TPSA) is 62.3 Å². The minimum absolute atomic E-state index is 0.158. The van der Waals surface area contributed by atoms with Crippen molar-refractivity contribution in [3.05, 3.63) is 83.5 Å². The molecule has 1 aromatic heterocycles. The van der Waals surface area contributed by atoms with Crippen LogP contribution in [0.25, 0.3) is 22.0 Å². The first-order valence-corrected chi connectivity index (χ1v) is 12.4. The molecule has 1 heterocycles. The SMILES string of the molecule is CN(C)Cc1ccc(Nc2c(S(C)(=O)=O)cnc3ccc(-c4cccc(Cl)c4)cc23)cc1. The van der Waals surface area contributed by atoms with E-state index in [4.69, 9.17) is 11.6 Å². The molecule has 0 fully saturated rings. The molecule has 0 aliphatic rings. The molecule has 5 nitrogen and oxygen atoms in total. The van der Waals surface area contributed by atoms with Crippen LogP contribution in [0.1, 0.15) is 5.56 Å². The number of hydrogen-bond acceptors (Lipinski definition) is 5. The number of nitrogens with one attached hydrogen (secondary N) is 1. The Kier molecular flexibility index (Phi) is 6.20. The Morgan fingerprint density at radius 1 is 0.969 bits per heavy atom. The van der Waals surface area contributed by atoms with Crippen molar-refractivity contribution >= 4 is 43.7 Å². The van der Waals surface area contributed by atoms with Gasteiger partial charge < -0.3 is 10.2 Å². The lowest BCUT2D eigenvalue weighted by atomic mass is 10.0. The van der Waals surface area contributed by atoms with Crippen molar-refractivity contribution in [2.45, 2.75) is 11.4 Å². The van der Waals surface area contributed by atoms with E-state index < -0.39 is 9.84 Å². The second kappa shape index (κ2) is 8.90. The summed E-state index contributed by atoms with van der Waals surface area (Å²) >= 11 is 6.17. The van der Waals surface area contributed by atoms with Gasteiger partial charge in [-0.3, -0.25) is 4.98 Å². The van der Waals surface area contributed by atoms with E-state index in [1.54, 1.807) is 0 Å². The molecule has 1 N–H and O–H groups in total. The summed E-state index contributed by atoms with van der Waals surface area (Å²) in [5.74, 6) is 0. The number of fused-ring (bicyclic) bond motifs is 1. The average Bonchev–Trinajstić information content (AvgIpc) is 2.74. The van der Waals surface area contributed by atoms with Crippen molar-refractivity contribution in [1.82, 2.24) is 9.88 Å². The first-order chi connectivity index (χ1) is 15.2. The van der Waals surface area contributed by atoms with Gasteiger partial charge in [-0.25, -0.2) is 8.42 Å². The van der Waals surface area contributed by atoms with Gasteiger partial charge >= 0.3 is 0 Å². The zero-order valence-electron chi connectivity index (χ0n) is 18.1. The fraction of sp³-hybridized carbons (Fsp3) is 0.160. The van der Waals surface area contributed by atoms with Crippen LogP contribution in [0.3, 0.4) is 0 Å². The molecule has 0 aliphatic carbocycles. The van der Waals surface area contributed by atoms with Gasteiger partial charge in [-0.05, 0) is 67.2 Å². The van der Waals surface area contributed by atoms with E-state index in [1.165, 1.54) is 18.0 Å². The summed E-state index contributed by atoms with van der Waals surface area (Å²) < 4.78 is 25.1. The number of nitrogens with zero attached hydrogens (tertiary/aromatic N) is 2. The van der Waals surface area contributed by atoms with E-state index in [-0.39, 0.29) is 4.90 Å². The second-order valence-electron chi connectivity index (χ2n) is 8.07. The Morgan fingerprint density at radius 2 is 1.69 bits per heavy atom. The Balaban J connectivity index is 1.85. The van der Waals surface area contributed by atoms with Crippen molar-refractivity contribution < 1.29 is 8.42 Å². The molecule has 0 unspecified atom stereocenters. The van der Waals surface area contributed by atoms with E-state index in [2.05, 4.69) is 15.2 Å². The van der Waals surface area contributed by atoms with Gasteiger partial charge in [0, 0.05) is 35.1 Å². The van der Waals surface area contributed by atoms with Gasteiger partial charge in [0.05, 0.1) is 11.2 Å². The summed E-state index contributed by atoms with van der Waals surface area (Å²) in [6.45, 7) is 0.829. The third-order valence-electron chi connectivity index (χ3n) is 5.11. The normalized spacial score (nSPS) is 11.8. The summed E-state index contributed by atoms with van der Waals surface area (Å²) in [7, 11) is 0.532. The van der Waals surface area contributed by atoms with Gasteiger partial charge in [-0.1, -0.05) is 41.9 Å². The molecule has 0 saturated carbocycles. The molecule has 0 radical (unpaired) electrons. The third kappa shape index (κ3) is 4.93. The Morgan fingerprint density at radius 3 is 2.34 bits per heavy atom. The number of aromatic nitrogens is 1. The van der Waals surface area contributed by atoms with Crippen LogP contribution in [-0.4, -0.2) is 38.7 Å². The highest BCUT2D eigenvalue weighted by molar-refractivity contribution is 7.90. The van der Waals surface area contributed by atoms with Gasteiger partial charge in [0.15, 0.2) is 9.84 Å². The van der Waals surface area contributed by atoms with Crippen molar-refractivity contribution in [1.29, 1.82) is 0 Å². The van der Waals surface area contributed by atoms with Crippen LogP contribution in [0.4, 0.5) is 11.4 Å². The standard InChI is InChI=1S/C25H24ClN3O2S/c1-29(2)16-17-7-10-21(11-8-17)28-25-22-14-19(18-5-4-6-20(26)13-18)9-12-23(22)27-15-24(25)32(3,30)31/h4-15H,16H2,1-3H3,(H,27,28). The maximum absolute atomic E-state index is 12.6. The quantitative estimate of drug-likeness (QED) is 0.392. The summed E-state index contributed by atoms with van der Waals surface area (Å²) in [6, 6.07) is 21.3. The number of halogens is 1. The van der Waals surface area contributed by atoms with E-state index in [0.717, 1.165) is 28.7 Å². The van der Waals surface area contributed by atoms with Gasteiger partial charge in [0.1, 0.15) is 4.90 Å². The lowest BCUT2D eigenvalue weighted by molar-refractivity contribution is 0.402. The predicted molar refractivity (Wildman–Crippen MR) is 132 cm³/mol. The average molecular weight is 466 g/mol. The molecule has 0 spiro atoms. The molecule has 164 valence electrons. The number of rotatable bonds is 6. The molecule has 32 heavy (non-hydrogen) atoms. The van der Waals surface area contributed by atoms with E-state index in [1.807, 2.05) is 80.8 Å². The summed E-state index contributed by atoms with van der Waals surface area (Å²) in [6.07, 6.45) is 2.61. The molecule has 7 heteroatoms. The van der Waals surface area contributed by atoms with E-state index in [9.17, 15) is 8.42 Å². The van der Waals surface area contributed by atoms with Gasteiger partial charge in [-0.15, -0.1) is 0 Å². The highest BCUT2D eigenvalue weighted by Crippen LogP contribution is 2.35. The van der Waals surface area contributed by atoms with Crippen molar-refractivity contribution in [3.63, 3.8) is 0 Å². The molecule has 3 aromatic carbocycles. The van der Waals surface area contributed by atoms with Crippen LogP contribution < -0.4 is 5.32 Å². The van der Waals surface area contributed by atoms with Crippen molar-refractivity contribution in [3.8, 4) is 11.1 Å². The molecule has 4 aromatic rings. The molecular formula is C25H24ClN3O2S. The van der Waals surface area contributed by atoms with Crippen LogP contribution in [0.2, 0.25) is 5.02 Å². The van der Waals surface area contributed by atoms with E-state index >= 15 is 0 Å². The molecule has 0 amide bonds. The second-order valence-corrected chi connectivity index (χ2v) is 10.5. The van der Waals surface area contributed by atoms with Gasteiger partial charge in [0.2, 0.25) is 0 Å². The number of sulfone groups is 1. The minimum atomic E-state index is -3.51. The Hall–Kier alpha value is -2.93. The monoisotopic (exact) mass is 465 g/mol. The molecule has 4 rings (SSSR count). The highest BCUT2D eigenvalue weighted by atomic mass is 35.5. The fourth-order valence-corrected chi connectivity index (χ4v) is 4.60. The number of hydrogen-bond donors (Lipinski definition) is 1.